The zero-order chi connectivity index (χ0) is 20.6. The fraction of sp³-hybridized carbons (Fsp3) is 0. The molecule has 0 saturated carbocycles. The number of hydrogen-bond donors (Lipinski definition) is 0. The fourth-order valence-electron chi connectivity index (χ4n) is 1.34. The molecule has 3 aromatic heterocycles. The van der Waals surface area contributed by atoms with E-state index in [2.05, 4.69) is 15.0 Å². The van der Waals surface area contributed by atoms with Crippen LogP contribution in [0.4, 0.5) is 0 Å². The average molecular weight is 569 g/mol. The molecule has 0 unspecified atom stereocenters. The van der Waals surface area contributed by atoms with Crippen molar-refractivity contribution in [3.05, 3.63) is 110 Å². The van der Waals surface area contributed by atoms with Gasteiger partial charge in [-0.2, -0.15) is 0 Å². The van der Waals surface area contributed by atoms with E-state index in [-0.39, 0.29) is 87.3 Å². The zero-order valence-electron chi connectivity index (χ0n) is 16.6. The molecule has 7 N–H and O–H groups in total. The Bertz CT molecular complexity index is 631. The first-order valence-electron chi connectivity index (χ1n) is 6.74. The zero-order valence-corrected chi connectivity index (χ0v) is 21.4. The van der Waals surface area contributed by atoms with Gasteiger partial charge < -0.3 is 46.8 Å². The summed E-state index contributed by atoms with van der Waals surface area (Å²) in [6, 6.07) is 17.3. The molecule has 173 valence electrons. The molecule has 0 aliphatic heterocycles. The van der Waals surface area contributed by atoms with Crippen LogP contribution in [0, 0.1) is 30.3 Å². The summed E-state index contributed by atoms with van der Waals surface area (Å²) in [6.45, 7) is 0. The van der Waals surface area contributed by atoms with Gasteiger partial charge in [-0.05, 0) is 36.4 Å². The molecule has 15 nitrogen and oxygen atoms in total. The quantitative estimate of drug-likeness (QED) is 0.141. The molecule has 1 radical (unpaired) electrons. The molecule has 3 aromatic rings. The van der Waals surface area contributed by atoms with Crippen molar-refractivity contribution in [3.63, 3.8) is 0 Å². The van der Waals surface area contributed by atoms with Crippen molar-refractivity contribution in [3.8, 4) is 11.4 Å². The van der Waals surface area contributed by atoms with Gasteiger partial charge >= 0.3 is 70.9 Å². The fourth-order valence-corrected chi connectivity index (χ4v) is 1.34. The standard InChI is InChI=1S/C10H8N2.C5H5N.K.3HNO2.3H2O.Ru/c1-3-7-11-9(5-1)10-6-2-4-8-12-10;1-2-4-6-5-3-1;;3*2-1-3;;;;/h1-8H;1-5H;;3*(H,2,3);3*1H2;/q;;+1;;;;;;;+1/p-2. The van der Waals surface area contributed by atoms with Crippen molar-refractivity contribution >= 4 is 0 Å². The van der Waals surface area contributed by atoms with Crippen LogP contribution in [0.25, 0.3) is 11.4 Å². The van der Waals surface area contributed by atoms with E-state index in [1.54, 1.807) is 24.8 Å². The molecule has 0 atom stereocenters. The summed E-state index contributed by atoms with van der Waals surface area (Å²) < 4.78 is 0. The van der Waals surface area contributed by atoms with Gasteiger partial charge in [0.15, 0.2) is 0 Å². The summed E-state index contributed by atoms with van der Waals surface area (Å²) >= 11 is 0. The van der Waals surface area contributed by atoms with Crippen LogP contribution in [-0.2, 0) is 25.0 Å². The summed E-state index contributed by atoms with van der Waals surface area (Å²) in [5.74, 6) is 0. The van der Waals surface area contributed by atoms with E-state index >= 15 is 0 Å². The molecule has 3 heterocycles. The minimum Gasteiger partial charge on any atom is -0.457 e. The summed E-state index contributed by atoms with van der Waals surface area (Å²) in [4.78, 5) is 36.2. The van der Waals surface area contributed by atoms with Crippen molar-refractivity contribution in [2.24, 2.45) is 16.0 Å². The molecule has 0 aliphatic carbocycles. The average Bonchev–Trinajstić information content (AvgIpc) is 2.73. The second-order valence-corrected chi connectivity index (χ2v) is 3.68. The molecular formula is C15H20KN6O9Ru. The molecule has 0 saturated heterocycles. The van der Waals surface area contributed by atoms with E-state index in [9.17, 15) is 0 Å². The van der Waals surface area contributed by atoms with E-state index in [4.69, 9.17) is 30.3 Å². The first kappa shape index (κ1) is 47.5. The molecule has 3 rings (SSSR count). The van der Waals surface area contributed by atoms with Crippen LogP contribution in [0.1, 0.15) is 0 Å². The predicted molar refractivity (Wildman–Crippen MR) is 111 cm³/mol. The smallest absolute Gasteiger partial charge is 0.457 e. The molecule has 17 heteroatoms. The minimum absolute atomic E-state index is 0. The number of aromatic nitrogens is 3. The van der Waals surface area contributed by atoms with Gasteiger partial charge in [-0.25, -0.2) is 0 Å². The Labute approximate surface area is 237 Å². The molecule has 32 heavy (non-hydrogen) atoms. The monoisotopic (exact) mass is 569 g/mol. The normalized spacial score (nSPS) is 6.25. The summed E-state index contributed by atoms with van der Waals surface area (Å²) in [6.07, 6.45) is 7.04. The Balaban J connectivity index is -0.0000000544. The third kappa shape index (κ3) is 35.2. The Morgan fingerprint density at radius 3 is 1.03 bits per heavy atom. The van der Waals surface area contributed by atoms with Crippen LogP contribution >= 0.6 is 0 Å². The van der Waals surface area contributed by atoms with Crippen molar-refractivity contribution in [1.82, 2.24) is 15.0 Å². The van der Waals surface area contributed by atoms with Crippen LogP contribution in [0.5, 0.6) is 0 Å². The number of pyridine rings is 3. The molecule has 0 aliphatic rings. The predicted octanol–water partition coefficient (Wildman–Crippen LogP) is -1.59. The SMILES string of the molecule is O.O.O=N[O-].O=N[O-].O=N[O-].[K+].[OH3+].[Ru+].c1ccc(-c2ccccn2)nc1.c1ccncc1. The van der Waals surface area contributed by atoms with Gasteiger partial charge in [0, 0.05) is 24.8 Å². The van der Waals surface area contributed by atoms with Crippen LogP contribution < -0.4 is 51.4 Å². The molecule has 0 amide bonds. The van der Waals surface area contributed by atoms with Crippen molar-refractivity contribution in [2.45, 2.75) is 0 Å². The van der Waals surface area contributed by atoms with Gasteiger partial charge in [-0.15, -0.1) is 16.0 Å². The maximum absolute atomic E-state index is 8.00. The summed E-state index contributed by atoms with van der Waals surface area (Å²) in [5.41, 5.74) is 1.83. The van der Waals surface area contributed by atoms with Gasteiger partial charge in [0.05, 0.1) is 11.4 Å². The van der Waals surface area contributed by atoms with Crippen molar-refractivity contribution in [1.29, 1.82) is 0 Å². The van der Waals surface area contributed by atoms with Crippen LogP contribution in [0.3, 0.4) is 0 Å². The maximum atomic E-state index is 8.00. The van der Waals surface area contributed by atoms with Gasteiger partial charge in [0.2, 0.25) is 0 Å². The Kier molecular flexibility index (Phi) is 63.6. The number of nitrogens with zero attached hydrogens (tertiary/aromatic N) is 6. The minimum atomic E-state index is 0. The summed E-state index contributed by atoms with van der Waals surface area (Å²) in [5, 5.41) is 27.0. The first-order valence-corrected chi connectivity index (χ1v) is 6.74. The number of hydrogen-bond acceptors (Lipinski definition) is 12. The molecular weight excluding hydrogens is 548 g/mol. The Hall–Kier alpha value is -2.21. The maximum Gasteiger partial charge on any atom is 1.00 e. The third-order valence-corrected chi connectivity index (χ3v) is 2.16. The van der Waals surface area contributed by atoms with Crippen LogP contribution in [0.15, 0.2) is 95.4 Å². The van der Waals surface area contributed by atoms with E-state index in [1.165, 1.54) is 0 Å². The van der Waals surface area contributed by atoms with Crippen molar-refractivity contribution in [2.75, 3.05) is 0 Å². The molecule has 0 aromatic carbocycles. The van der Waals surface area contributed by atoms with E-state index in [1.807, 2.05) is 54.6 Å². The van der Waals surface area contributed by atoms with Crippen molar-refractivity contribution < 1.29 is 87.3 Å². The van der Waals surface area contributed by atoms with Crippen LogP contribution in [0.2, 0.25) is 0 Å². The second-order valence-electron chi connectivity index (χ2n) is 3.68. The molecule has 0 fully saturated rings. The Morgan fingerprint density at radius 2 is 0.875 bits per heavy atom. The third-order valence-electron chi connectivity index (χ3n) is 2.16. The first-order chi connectivity index (χ1) is 13.2. The topological polar surface area (TPSA) is 292 Å². The van der Waals surface area contributed by atoms with Gasteiger partial charge in [-0.3, -0.25) is 15.0 Å². The largest absolute Gasteiger partial charge is 1.00 e. The second kappa shape index (κ2) is 42.8. The van der Waals surface area contributed by atoms with Crippen LogP contribution in [-0.4, -0.2) is 25.9 Å². The van der Waals surface area contributed by atoms with E-state index < -0.39 is 0 Å². The molecule has 0 bridgehead atoms. The van der Waals surface area contributed by atoms with Gasteiger partial charge in [0.1, 0.15) is 0 Å². The van der Waals surface area contributed by atoms with E-state index in [0.29, 0.717) is 0 Å². The summed E-state index contributed by atoms with van der Waals surface area (Å²) in [7, 11) is 0. The van der Waals surface area contributed by atoms with Gasteiger partial charge in [0.25, 0.3) is 0 Å². The molecule has 0 spiro atoms. The van der Waals surface area contributed by atoms with E-state index in [0.717, 1.165) is 27.4 Å². The van der Waals surface area contributed by atoms with Gasteiger partial charge in [-0.1, -0.05) is 18.2 Å². The number of rotatable bonds is 1. The Morgan fingerprint density at radius 1 is 0.594 bits per heavy atom.